The van der Waals surface area contributed by atoms with Gasteiger partial charge in [0.2, 0.25) is 11.8 Å². The van der Waals surface area contributed by atoms with Gasteiger partial charge in [0.1, 0.15) is 0 Å². The molecule has 20 heavy (non-hydrogen) atoms. The molecule has 1 aliphatic carbocycles. The Kier molecular flexibility index (Phi) is 3.23. The van der Waals surface area contributed by atoms with Crippen molar-refractivity contribution in [3.05, 3.63) is 0 Å². The lowest BCUT2D eigenvalue weighted by molar-refractivity contribution is -0.148. The Bertz CT molecular complexity index is 451. The molecule has 1 aliphatic heterocycles. The van der Waals surface area contributed by atoms with Crippen molar-refractivity contribution >= 4 is 17.8 Å². The minimum atomic E-state index is -0.973. The molecule has 0 bridgehead atoms. The third kappa shape index (κ3) is 2.34. The number of hydrogen-bond donors (Lipinski definition) is 1. The second-order valence-electron chi connectivity index (χ2n) is 7.84. The Morgan fingerprint density at radius 1 is 1.25 bits per heavy atom. The van der Waals surface area contributed by atoms with Crippen LogP contribution in [0.25, 0.3) is 0 Å². The van der Waals surface area contributed by atoms with Gasteiger partial charge in [-0.15, -0.1) is 0 Å². The highest BCUT2D eigenvalue weighted by Crippen LogP contribution is 2.63. The van der Waals surface area contributed by atoms with Crippen LogP contribution in [-0.2, 0) is 14.4 Å². The Morgan fingerprint density at radius 3 is 2.05 bits per heavy atom. The van der Waals surface area contributed by atoms with Crippen LogP contribution in [0.5, 0.6) is 0 Å². The molecular weight excluding hydrogens is 258 g/mol. The SMILES string of the molecule is CC(C)(C)CC(CC(=O)O)N1C(=O)C2C(C1=O)C2(C)C. The molecule has 2 rings (SSSR count). The first kappa shape index (κ1) is 15.0. The standard InChI is InChI=1S/C15H23NO4/c1-14(2,3)7-8(6-9(17)18)16-12(19)10-11(13(16)20)15(10,4)5/h8,10-11H,6-7H2,1-5H3,(H,17,18). The van der Waals surface area contributed by atoms with Gasteiger partial charge in [-0.3, -0.25) is 19.3 Å². The summed E-state index contributed by atoms with van der Waals surface area (Å²) < 4.78 is 0. The minimum Gasteiger partial charge on any atom is -0.481 e. The van der Waals surface area contributed by atoms with Crippen molar-refractivity contribution in [2.45, 2.75) is 53.5 Å². The van der Waals surface area contributed by atoms with E-state index in [-0.39, 0.29) is 40.9 Å². The van der Waals surface area contributed by atoms with E-state index >= 15 is 0 Å². The number of carbonyl (C=O) groups excluding carboxylic acids is 2. The molecule has 0 radical (unpaired) electrons. The third-order valence-electron chi connectivity index (χ3n) is 4.46. The summed E-state index contributed by atoms with van der Waals surface area (Å²) in [6.07, 6.45) is 0.339. The summed E-state index contributed by atoms with van der Waals surface area (Å²) in [5, 5.41) is 9.04. The molecule has 0 aromatic rings. The summed E-state index contributed by atoms with van der Waals surface area (Å²) in [6.45, 7) is 9.80. The molecule has 5 nitrogen and oxygen atoms in total. The summed E-state index contributed by atoms with van der Waals surface area (Å²) in [5.41, 5.74) is -0.386. The van der Waals surface area contributed by atoms with E-state index in [1.165, 1.54) is 4.90 Å². The lowest BCUT2D eigenvalue weighted by Crippen LogP contribution is -2.46. The molecule has 0 spiro atoms. The summed E-state index contributed by atoms with van der Waals surface area (Å²) in [5.74, 6) is -1.82. The number of aliphatic carboxylic acids is 1. The van der Waals surface area contributed by atoms with E-state index in [1.54, 1.807) is 0 Å². The summed E-state index contributed by atoms with van der Waals surface area (Å²) >= 11 is 0. The largest absolute Gasteiger partial charge is 0.481 e. The zero-order valence-electron chi connectivity index (χ0n) is 12.8. The number of imide groups is 1. The van der Waals surface area contributed by atoms with Crippen molar-refractivity contribution in [1.82, 2.24) is 4.90 Å². The number of carboxylic acid groups (broad SMARTS) is 1. The van der Waals surface area contributed by atoms with Crippen molar-refractivity contribution in [3.63, 3.8) is 0 Å². The van der Waals surface area contributed by atoms with Crippen LogP contribution in [0.3, 0.4) is 0 Å². The van der Waals surface area contributed by atoms with E-state index in [4.69, 9.17) is 5.11 Å². The number of piperidine rings is 1. The summed E-state index contributed by atoms with van der Waals surface area (Å²) in [4.78, 5) is 37.1. The van der Waals surface area contributed by atoms with Crippen molar-refractivity contribution in [2.24, 2.45) is 22.7 Å². The number of amides is 2. The smallest absolute Gasteiger partial charge is 0.305 e. The number of nitrogens with zero attached hydrogens (tertiary/aromatic N) is 1. The number of carbonyl (C=O) groups is 3. The Hall–Kier alpha value is -1.39. The lowest BCUT2D eigenvalue weighted by atomic mass is 9.86. The number of fused-ring (bicyclic) bond motifs is 1. The molecule has 1 saturated heterocycles. The topological polar surface area (TPSA) is 74.7 Å². The molecule has 1 N–H and O–H groups in total. The van der Waals surface area contributed by atoms with Gasteiger partial charge in [0.15, 0.2) is 0 Å². The van der Waals surface area contributed by atoms with E-state index in [2.05, 4.69) is 0 Å². The molecule has 2 amide bonds. The van der Waals surface area contributed by atoms with Crippen molar-refractivity contribution in [2.75, 3.05) is 0 Å². The van der Waals surface area contributed by atoms with Gasteiger partial charge in [-0.05, 0) is 17.3 Å². The first-order chi connectivity index (χ1) is 8.97. The predicted octanol–water partition coefficient (Wildman–Crippen LogP) is 1.91. The quantitative estimate of drug-likeness (QED) is 0.799. The molecule has 5 heteroatoms. The van der Waals surface area contributed by atoms with E-state index in [9.17, 15) is 14.4 Å². The van der Waals surface area contributed by atoms with Crippen LogP contribution in [0.4, 0.5) is 0 Å². The Balaban J connectivity index is 2.21. The normalized spacial score (nSPS) is 29.4. The third-order valence-corrected chi connectivity index (χ3v) is 4.46. The van der Waals surface area contributed by atoms with E-state index in [1.807, 2.05) is 34.6 Å². The average molecular weight is 281 g/mol. The minimum absolute atomic E-state index is 0.136. The van der Waals surface area contributed by atoms with Gasteiger partial charge in [0.25, 0.3) is 0 Å². The average Bonchev–Trinajstić information content (AvgIpc) is 2.64. The van der Waals surface area contributed by atoms with E-state index in [0.717, 1.165) is 0 Å². The lowest BCUT2D eigenvalue weighted by Gasteiger charge is -2.33. The number of hydrogen-bond acceptors (Lipinski definition) is 3. The Labute approximate surface area is 119 Å². The van der Waals surface area contributed by atoms with Crippen LogP contribution in [0, 0.1) is 22.7 Å². The summed E-state index contributed by atoms with van der Waals surface area (Å²) in [6, 6.07) is -0.531. The van der Waals surface area contributed by atoms with Crippen molar-refractivity contribution < 1.29 is 19.5 Å². The maximum atomic E-state index is 12.4. The highest BCUT2D eigenvalue weighted by atomic mass is 16.4. The van der Waals surface area contributed by atoms with Gasteiger partial charge >= 0.3 is 5.97 Å². The van der Waals surface area contributed by atoms with Crippen LogP contribution >= 0.6 is 0 Å². The number of carboxylic acids is 1. The van der Waals surface area contributed by atoms with Gasteiger partial charge in [-0.2, -0.15) is 0 Å². The number of likely N-dealkylation sites (tertiary alicyclic amines) is 1. The van der Waals surface area contributed by atoms with Gasteiger partial charge in [-0.1, -0.05) is 34.6 Å². The first-order valence-electron chi connectivity index (χ1n) is 7.05. The molecule has 0 aromatic heterocycles. The van der Waals surface area contributed by atoms with Gasteiger partial charge < -0.3 is 5.11 Å². The van der Waals surface area contributed by atoms with Crippen LogP contribution in [-0.4, -0.2) is 33.8 Å². The van der Waals surface area contributed by atoms with Crippen LogP contribution < -0.4 is 0 Å². The molecule has 0 aromatic carbocycles. The zero-order chi connectivity index (χ0) is 15.5. The zero-order valence-corrected chi connectivity index (χ0v) is 12.8. The number of rotatable bonds is 4. The highest BCUT2D eigenvalue weighted by Gasteiger charge is 2.73. The molecule has 3 unspecified atom stereocenters. The van der Waals surface area contributed by atoms with Crippen molar-refractivity contribution in [1.29, 1.82) is 0 Å². The molecule has 1 saturated carbocycles. The molecule has 1 heterocycles. The first-order valence-corrected chi connectivity index (χ1v) is 7.05. The van der Waals surface area contributed by atoms with Gasteiger partial charge in [0.05, 0.1) is 24.3 Å². The molecule has 2 aliphatic rings. The van der Waals surface area contributed by atoms with Crippen LogP contribution in [0.15, 0.2) is 0 Å². The van der Waals surface area contributed by atoms with Gasteiger partial charge in [-0.25, -0.2) is 0 Å². The second-order valence-corrected chi connectivity index (χ2v) is 7.84. The Morgan fingerprint density at radius 2 is 1.70 bits per heavy atom. The summed E-state index contributed by atoms with van der Waals surface area (Å²) in [7, 11) is 0. The maximum Gasteiger partial charge on any atom is 0.305 e. The fourth-order valence-electron chi connectivity index (χ4n) is 3.49. The van der Waals surface area contributed by atoms with E-state index in [0.29, 0.717) is 6.42 Å². The second kappa shape index (κ2) is 4.30. The molecular formula is C15H23NO4. The highest BCUT2D eigenvalue weighted by molar-refractivity contribution is 6.10. The monoisotopic (exact) mass is 281 g/mol. The van der Waals surface area contributed by atoms with Crippen molar-refractivity contribution in [3.8, 4) is 0 Å². The molecule has 112 valence electrons. The van der Waals surface area contributed by atoms with Crippen LogP contribution in [0.1, 0.15) is 47.5 Å². The van der Waals surface area contributed by atoms with Crippen LogP contribution in [0.2, 0.25) is 0 Å². The fraction of sp³-hybridized carbons (Fsp3) is 0.800. The molecule has 3 atom stereocenters. The predicted molar refractivity (Wildman–Crippen MR) is 72.7 cm³/mol. The maximum absolute atomic E-state index is 12.4. The van der Waals surface area contributed by atoms with E-state index < -0.39 is 12.0 Å². The fourth-order valence-corrected chi connectivity index (χ4v) is 3.49. The molecule has 2 fully saturated rings. The van der Waals surface area contributed by atoms with Gasteiger partial charge in [0, 0.05) is 0 Å².